The van der Waals surface area contributed by atoms with E-state index in [0.29, 0.717) is 0 Å². The zero-order chi connectivity index (χ0) is 11.6. The van der Waals surface area contributed by atoms with Crippen LogP contribution in [0.4, 0.5) is 13.2 Å². The van der Waals surface area contributed by atoms with E-state index in [-0.39, 0.29) is 6.42 Å². The molecule has 0 aromatic rings. The molecule has 0 bridgehead atoms. The summed E-state index contributed by atoms with van der Waals surface area (Å²) in [6, 6.07) is 0. The predicted octanol–water partition coefficient (Wildman–Crippen LogP) is 1.60. The predicted molar refractivity (Wildman–Crippen MR) is 43.8 cm³/mol. The highest BCUT2D eigenvalue weighted by Crippen LogP contribution is 2.19. The van der Waals surface area contributed by atoms with Crippen molar-refractivity contribution < 1.29 is 22.8 Å². The lowest BCUT2D eigenvalue weighted by Crippen LogP contribution is -2.54. The summed E-state index contributed by atoms with van der Waals surface area (Å²) >= 11 is 5.06. The van der Waals surface area contributed by atoms with Crippen LogP contribution in [0.25, 0.3) is 0 Å². The Morgan fingerprint density at radius 3 is 2.00 bits per heavy atom. The first-order chi connectivity index (χ1) is 6.13. The molecule has 0 aromatic carbocycles. The van der Waals surface area contributed by atoms with Gasteiger partial charge in [0.2, 0.25) is 5.24 Å². The van der Waals surface area contributed by atoms with Crippen LogP contribution in [0.2, 0.25) is 0 Å². The quantitative estimate of drug-likeness (QED) is 0.750. The van der Waals surface area contributed by atoms with Gasteiger partial charge in [0, 0.05) is 0 Å². The van der Waals surface area contributed by atoms with Gasteiger partial charge in [0.1, 0.15) is 5.54 Å². The molecule has 0 aliphatic rings. The van der Waals surface area contributed by atoms with Crippen molar-refractivity contribution in [1.82, 2.24) is 5.32 Å². The van der Waals surface area contributed by atoms with Crippen LogP contribution in [0.3, 0.4) is 0 Å². The van der Waals surface area contributed by atoms with Crippen molar-refractivity contribution in [3.05, 3.63) is 0 Å². The summed E-state index contributed by atoms with van der Waals surface area (Å²) in [7, 11) is 0. The van der Waals surface area contributed by atoms with Gasteiger partial charge in [-0.2, -0.15) is 13.2 Å². The minimum absolute atomic E-state index is 0.0167. The van der Waals surface area contributed by atoms with Crippen LogP contribution >= 0.6 is 11.6 Å². The first kappa shape index (κ1) is 13.2. The molecule has 0 spiro atoms. The Morgan fingerprint density at radius 1 is 1.36 bits per heavy atom. The van der Waals surface area contributed by atoms with Crippen LogP contribution in [0.5, 0.6) is 0 Å². The maximum atomic E-state index is 11.8. The molecule has 0 aromatic heterocycles. The second-order valence-electron chi connectivity index (χ2n) is 2.91. The smallest absolute Gasteiger partial charge is 0.335 e. The summed E-state index contributed by atoms with van der Waals surface area (Å²) < 4.78 is 35.4. The molecule has 0 saturated carbocycles. The molecule has 0 heterocycles. The van der Waals surface area contributed by atoms with Crippen molar-refractivity contribution in [2.75, 3.05) is 0 Å². The molecule has 82 valence electrons. The maximum Gasteiger partial charge on any atom is 0.471 e. The van der Waals surface area contributed by atoms with Crippen LogP contribution in [-0.4, -0.2) is 22.9 Å². The van der Waals surface area contributed by atoms with Crippen LogP contribution in [0.15, 0.2) is 0 Å². The Hall–Kier alpha value is -0.780. The molecule has 14 heavy (non-hydrogen) atoms. The van der Waals surface area contributed by atoms with Crippen molar-refractivity contribution in [3.63, 3.8) is 0 Å². The van der Waals surface area contributed by atoms with E-state index in [2.05, 4.69) is 0 Å². The van der Waals surface area contributed by atoms with Crippen molar-refractivity contribution in [3.8, 4) is 0 Å². The maximum absolute atomic E-state index is 11.8. The van der Waals surface area contributed by atoms with Gasteiger partial charge in [0.15, 0.2) is 0 Å². The van der Waals surface area contributed by atoms with Gasteiger partial charge < -0.3 is 5.32 Å². The lowest BCUT2D eigenvalue weighted by molar-refractivity contribution is -0.175. The fourth-order valence-electron chi connectivity index (χ4n) is 0.598. The van der Waals surface area contributed by atoms with Crippen molar-refractivity contribution >= 4 is 22.8 Å². The van der Waals surface area contributed by atoms with E-state index in [1.807, 2.05) is 0 Å². The Balaban J connectivity index is 4.65. The molecular formula is C7H9ClF3NO2. The summed E-state index contributed by atoms with van der Waals surface area (Å²) in [5, 5.41) is 0.507. The molecule has 1 amide bonds. The highest BCUT2D eigenvalue weighted by Gasteiger charge is 2.44. The third-order valence-electron chi connectivity index (χ3n) is 1.79. The molecule has 0 radical (unpaired) electrons. The van der Waals surface area contributed by atoms with Gasteiger partial charge in [-0.3, -0.25) is 9.59 Å². The van der Waals surface area contributed by atoms with Crippen LogP contribution in [0.1, 0.15) is 20.3 Å². The molecule has 0 rings (SSSR count). The monoisotopic (exact) mass is 231 g/mol. The molecular weight excluding hydrogens is 223 g/mol. The molecule has 1 unspecified atom stereocenters. The van der Waals surface area contributed by atoms with Crippen molar-refractivity contribution in [2.24, 2.45) is 0 Å². The van der Waals surface area contributed by atoms with Crippen molar-refractivity contribution in [2.45, 2.75) is 32.0 Å². The van der Waals surface area contributed by atoms with Gasteiger partial charge >= 0.3 is 12.1 Å². The average molecular weight is 232 g/mol. The number of carbonyl (C=O) groups is 2. The largest absolute Gasteiger partial charge is 0.471 e. The third-order valence-corrected chi connectivity index (χ3v) is 2.20. The first-order valence-corrected chi connectivity index (χ1v) is 4.10. The molecule has 3 nitrogen and oxygen atoms in total. The molecule has 7 heteroatoms. The average Bonchev–Trinajstić information content (AvgIpc) is 2.02. The Kier molecular flexibility index (Phi) is 3.93. The van der Waals surface area contributed by atoms with E-state index >= 15 is 0 Å². The minimum Gasteiger partial charge on any atom is -0.335 e. The summed E-state index contributed by atoms with van der Waals surface area (Å²) in [6.07, 6.45) is -5.03. The number of alkyl halides is 3. The van der Waals surface area contributed by atoms with Crippen LogP contribution < -0.4 is 5.32 Å². The van der Waals surface area contributed by atoms with Gasteiger partial charge in [0.05, 0.1) is 0 Å². The number of rotatable bonds is 3. The number of nitrogens with one attached hydrogen (secondary N) is 1. The number of carbonyl (C=O) groups excluding carboxylic acids is 2. The summed E-state index contributed by atoms with van der Waals surface area (Å²) in [6.45, 7) is 2.57. The fourth-order valence-corrected chi connectivity index (χ4v) is 0.779. The van der Waals surface area contributed by atoms with E-state index in [9.17, 15) is 22.8 Å². The molecule has 1 N–H and O–H groups in total. The van der Waals surface area contributed by atoms with Gasteiger partial charge in [-0.1, -0.05) is 6.92 Å². The van der Waals surface area contributed by atoms with Gasteiger partial charge in [-0.05, 0) is 24.9 Å². The van der Waals surface area contributed by atoms with E-state index in [1.54, 1.807) is 0 Å². The van der Waals surface area contributed by atoms with Crippen molar-refractivity contribution in [1.29, 1.82) is 0 Å². The summed E-state index contributed by atoms with van der Waals surface area (Å²) in [5.41, 5.74) is -1.67. The SMILES string of the molecule is CCC(C)(NC(=O)C(F)(F)F)C(=O)Cl. The third kappa shape index (κ3) is 3.17. The van der Waals surface area contributed by atoms with E-state index in [1.165, 1.54) is 12.2 Å². The molecule has 0 aliphatic carbocycles. The minimum atomic E-state index is -5.01. The lowest BCUT2D eigenvalue weighted by Gasteiger charge is -2.25. The fraction of sp³-hybridized carbons (Fsp3) is 0.714. The number of halogens is 4. The standard InChI is InChI=1S/C7H9ClF3NO2/c1-3-6(2,4(8)13)12-5(14)7(9,10)11/h3H2,1-2H3,(H,12,14). The van der Waals surface area contributed by atoms with Crippen LogP contribution in [0, 0.1) is 0 Å². The number of hydrogen-bond acceptors (Lipinski definition) is 2. The Labute approximate surface area is 83.6 Å². The van der Waals surface area contributed by atoms with E-state index in [0.717, 1.165) is 6.92 Å². The van der Waals surface area contributed by atoms with Gasteiger partial charge in [-0.15, -0.1) is 0 Å². The van der Waals surface area contributed by atoms with E-state index in [4.69, 9.17) is 11.6 Å². The highest BCUT2D eigenvalue weighted by atomic mass is 35.5. The lowest BCUT2D eigenvalue weighted by atomic mass is 10.0. The highest BCUT2D eigenvalue weighted by molar-refractivity contribution is 6.65. The molecule has 0 saturated heterocycles. The number of hydrogen-bond donors (Lipinski definition) is 1. The topological polar surface area (TPSA) is 46.2 Å². The molecule has 0 fully saturated rings. The zero-order valence-electron chi connectivity index (χ0n) is 7.54. The summed E-state index contributed by atoms with van der Waals surface area (Å²) in [5.74, 6) is -2.17. The molecule has 0 aliphatic heterocycles. The molecule has 1 atom stereocenters. The van der Waals surface area contributed by atoms with Crippen LogP contribution in [-0.2, 0) is 9.59 Å². The second kappa shape index (κ2) is 4.16. The normalized spacial score (nSPS) is 15.9. The second-order valence-corrected chi connectivity index (χ2v) is 3.25. The van der Waals surface area contributed by atoms with Gasteiger partial charge in [0.25, 0.3) is 0 Å². The number of amides is 1. The summed E-state index contributed by atoms with van der Waals surface area (Å²) in [4.78, 5) is 21.2. The van der Waals surface area contributed by atoms with E-state index < -0.39 is 22.9 Å². The Bertz CT molecular complexity index is 254. The zero-order valence-corrected chi connectivity index (χ0v) is 8.29. The van der Waals surface area contributed by atoms with Gasteiger partial charge in [-0.25, -0.2) is 0 Å². The first-order valence-electron chi connectivity index (χ1n) is 3.72. The Morgan fingerprint density at radius 2 is 1.79 bits per heavy atom.